The molecule has 29 heavy (non-hydrogen) atoms. The molecule has 4 heteroatoms. The summed E-state index contributed by atoms with van der Waals surface area (Å²) in [6.07, 6.45) is 4.00. The van der Waals surface area contributed by atoms with E-state index in [4.69, 9.17) is 0 Å². The molecule has 4 nitrogen and oxygen atoms in total. The maximum Gasteiger partial charge on any atom is 0.251 e. The van der Waals surface area contributed by atoms with Crippen molar-refractivity contribution in [3.63, 3.8) is 0 Å². The van der Waals surface area contributed by atoms with E-state index in [0.29, 0.717) is 6.54 Å². The molecule has 0 radical (unpaired) electrons. The smallest absolute Gasteiger partial charge is 0.251 e. The molecule has 1 saturated heterocycles. The van der Waals surface area contributed by atoms with E-state index in [-0.39, 0.29) is 11.3 Å². The minimum Gasteiger partial charge on any atom is -0.366 e. The number of nitrogens with one attached hydrogen (secondary N) is 1. The zero-order valence-electron chi connectivity index (χ0n) is 17.4. The van der Waals surface area contributed by atoms with Crippen molar-refractivity contribution in [2.24, 2.45) is 5.92 Å². The number of rotatable bonds is 6. The molecule has 2 aromatic carbocycles. The Labute approximate surface area is 173 Å². The normalized spacial score (nSPS) is 23.6. The zero-order valence-corrected chi connectivity index (χ0v) is 17.4. The second-order valence-electron chi connectivity index (χ2n) is 9.14. The number of anilines is 1. The van der Waals surface area contributed by atoms with Crippen LogP contribution in [0.1, 0.15) is 47.7 Å². The standard InChI is InChI=1S/C25H31N3O/c1-2-26-24(29)21-10-11-23-22(14-21)25(12-13-27(17-25)15-20-8-9-20)18-28(23)16-19-6-4-3-5-7-19/h3-7,10-11,14,20H,2,8-9,12-13,15-18H2,1H3,(H,26,29). The Bertz CT molecular complexity index is 892. The Balaban J connectivity index is 1.46. The summed E-state index contributed by atoms with van der Waals surface area (Å²) in [6, 6.07) is 17.1. The van der Waals surface area contributed by atoms with E-state index < -0.39 is 0 Å². The maximum atomic E-state index is 12.5. The van der Waals surface area contributed by atoms with Crippen molar-refractivity contribution in [2.45, 2.75) is 38.1 Å². The number of likely N-dealkylation sites (tertiary alicyclic amines) is 1. The van der Waals surface area contributed by atoms with Crippen molar-refractivity contribution in [3.8, 4) is 0 Å². The van der Waals surface area contributed by atoms with E-state index in [1.54, 1.807) is 0 Å². The first-order chi connectivity index (χ1) is 14.2. The van der Waals surface area contributed by atoms with E-state index >= 15 is 0 Å². The van der Waals surface area contributed by atoms with Crippen molar-refractivity contribution >= 4 is 11.6 Å². The molecular formula is C25H31N3O. The summed E-state index contributed by atoms with van der Waals surface area (Å²) >= 11 is 0. The van der Waals surface area contributed by atoms with Crippen LogP contribution in [0.5, 0.6) is 0 Å². The van der Waals surface area contributed by atoms with Gasteiger partial charge in [-0.15, -0.1) is 0 Å². The number of fused-ring (bicyclic) bond motifs is 2. The van der Waals surface area contributed by atoms with E-state index in [1.165, 1.54) is 49.2 Å². The predicted molar refractivity (Wildman–Crippen MR) is 117 cm³/mol. The third-order valence-electron chi connectivity index (χ3n) is 6.86. The van der Waals surface area contributed by atoms with E-state index in [0.717, 1.165) is 31.1 Å². The Kier molecular flexibility index (Phi) is 4.83. The molecule has 3 aliphatic rings. The van der Waals surface area contributed by atoms with Gasteiger partial charge in [0, 0.05) is 49.4 Å². The van der Waals surface area contributed by atoms with Gasteiger partial charge in [-0.05, 0) is 68.0 Å². The Morgan fingerprint density at radius 3 is 2.72 bits per heavy atom. The molecule has 5 rings (SSSR count). The first-order valence-corrected chi connectivity index (χ1v) is 11.1. The van der Waals surface area contributed by atoms with Crippen LogP contribution < -0.4 is 10.2 Å². The number of nitrogens with zero attached hydrogens (tertiary/aromatic N) is 2. The summed E-state index contributed by atoms with van der Waals surface area (Å²) in [5.41, 5.74) is 5.00. The topological polar surface area (TPSA) is 35.6 Å². The lowest BCUT2D eigenvalue weighted by Crippen LogP contribution is -2.36. The second kappa shape index (κ2) is 7.49. The minimum absolute atomic E-state index is 0.0415. The van der Waals surface area contributed by atoms with Gasteiger partial charge < -0.3 is 15.1 Å². The van der Waals surface area contributed by atoms with Gasteiger partial charge in [-0.2, -0.15) is 0 Å². The lowest BCUT2D eigenvalue weighted by atomic mass is 9.81. The molecule has 152 valence electrons. The third kappa shape index (κ3) is 3.66. The van der Waals surface area contributed by atoms with Crippen LogP contribution in [0.3, 0.4) is 0 Å². The van der Waals surface area contributed by atoms with Crippen molar-refractivity contribution in [1.82, 2.24) is 10.2 Å². The molecule has 0 bridgehead atoms. The highest BCUT2D eigenvalue weighted by Crippen LogP contribution is 2.48. The molecule has 1 aliphatic carbocycles. The summed E-state index contributed by atoms with van der Waals surface area (Å²) in [6.45, 7) is 8.18. The summed E-state index contributed by atoms with van der Waals surface area (Å²) in [5.74, 6) is 0.966. The Hall–Kier alpha value is -2.33. The van der Waals surface area contributed by atoms with Gasteiger partial charge in [0.15, 0.2) is 0 Å². The average Bonchev–Trinajstić information content (AvgIpc) is 3.39. The molecule has 2 fully saturated rings. The molecule has 1 amide bonds. The van der Waals surface area contributed by atoms with Crippen LogP contribution in [-0.2, 0) is 12.0 Å². The van der Waals surface area contributed by atoms with E-state index in [9.17, 15) is 4.79 Å². The molecule has 1 N–H and O–H groups in total. The molecular weight excluding hydrogens is 358 g/mol. The molecule has 1 atom stereocenters. The molecule has 1 unspecified atom stereocenters. The minimum atomic E-state index is 0.0415. The molecule has 2 heterocycles. The highest BCUT2D eigenvalue weighted by Gasteiger charge is 2.48. The maximum absolute atomic E-state index is 12.5. The quantitative estimate of drug-likeness (QED) is 0.816. The fourth-order valence-electron chi connectivity index (χ4n) is 5.25. The molecule has 0 aromatic heterocycles. The number of hydrogen-bond acceptors (Lipinski definition) is 3. The van der Waals surface area contributed by atoms with Crippen LogP contribution in [0.2, 0.25) is 0 Å². The van der Waals surface area contributed by atoms with Crippen molar-refractivity contribution in [3.05, 3.63) is 65.2 Å². The van der Waals surface area contributed by atoms with Crippen molar-refractivity contribution in [1.29, 1.82) is 0 Å². The number of hydrogen-bond donors (Lipinski definition) is 1. The molecule has 1 saturated carbocycles. The predicted octanol–water partition coefficient (Wildman–Crippen LogP) is 3.81. The number of carbonyl (C=O) groups excluding carboxylic acids is 1. The fourth-order valence-corrected chi connectivity index (χ4v) is 5.25. The van der Waals surface area contributed by atoms with Gasteiger partial charge in [0.25, 0.3) is 5.91 Å². The summed E-state index contributed by atoms with van der Waals surface area (Å²) in [4.78, 5) is 17.7. The van der Waals surface area contributed by atoms with Crippen LogP contribution in [-0.4, -0.2) is 43.5 Å². The lowest BCUT2D eigenvalue weighted by Gasteiger charge is -2.27. The largest absolute Gasteiger partial charge is 0.366 e. The van der Waals surface area contributed by atoms with Crippen molar-refractivity contribution < 1.29 is 4.79 Å². The highest BCUT2D eigenvalue weighted by atomic mass is 16.1. The lowest BCUT2D eigenvalue weighted by molar-refractivity contribution is 0.0955. The average molecular weight is 390 g/mol. The Morgan fingerprint density at radius 1 is 1.14 bits per heavy atom. The molecule has 1 spiro atoms. The van der Waals surface area contributed by atoms with Gasteiger partial charge in [0.05, 0.1) is 0 Å². The van der Waals surface area contributed by atoms with Gasteiger partial charge >= 0.3 is 0 Å². The summed E-state index contributed by atoms with van der Waals surface area (Å²) < 4.78 is 0. The van der Waals surface area contributed by atoms with Crippen molar-refractivity contribution in [2.75, 3.05) is 37.6 Å². The van der Waals surface area contributed by atoms with Crippen LogP contribution in [0.4, 0.5) is 5.69 Å². The molecule has 2 aliphatic heterocycles. The van der Waals surface area contributed by atoms with Crippen LogP contribution in [0.25, 0.3) is 0 Å². The van der Waals surface area contributed by atoms with Crippen LogP contribution in [0, 0.1) is 5.92 Å². The summed E-state index contributed by atoms with van der Waals surface area (Å²) in [5, 5.41) is 2.96. The van der Waals surface area contributed by atoms with E-state index in [1.807, 2.05) is 13.0 Å². The highest BCUT2D eigenvalue weighted by molar-refractivity contribution is 5.95. The first-order valence-electron chi connectivity index (χ1n) is 11.1. The van der Waals surface area contributed by atoms with E-state index in [2.05, 4.69) is 57.6 Å². The monoisotopic (exact) mass is 389 g/mol. The van der Waals surface area contributed by atoms with Gasteiger partial charge in [0.1, 0.15) is 0 Å². The summed E-state index contributed by atoms with van der Waals surface area (Å²) in [7, 11) is 0. The van der Waals surface area contributed by atoms with Gasteiger partial charge in [-0.1, -0.05) is 30.3 Å². The van der Waals surface area contributed by atoms with Gasteiger partial charge in [-0.3, -0.25) is 4.79 Å². The number of carbonyl (C=O) groups is 1. The fraction of sp³-hybridized carbons (Fsp3) is 0.480. The first kappa shape index (κ1) is 18.7. The number of amides is 1. The van der Waals surface area contributed by atoms with Crippen LogP contribution in [0.15, 0.2) is 48.5 Å². The van der Waals surface area contributed by atoms with Gasteiger partial charge in [0.2, 0.25) is 0 Å². The number of benzene rings is 2. The van der Waals surface area contributed by atoms with Gasteiger partial charge in [-0.25, -0.2) is 0 Å². The Morgan fingerprint density at radius 2 is 1.97 bits per heavy atom. The van der Waals surface area contributed by atoms with Crippen LogP contribution >= 0.6 is 0 Å². The zero-order chi connectivity index (χ0) is 19.8. The molecule has 2 aromatic rings. The second-order valence-corrected chi connectivity index (χ2v) is 9.14. The SMILES string of the molecule is CCNC(=O)c1ccc2c(c1)C1(CCN(CC3CC3)C1)CN2Cc1ccccc1. The third-order valence-corrected chi connectivity index (χ3v) is 6.86.